The quantitative estimate of drug-likeness (QED) is 0.302. The molecule has 3 heterocycles. The summed E-state index contributed by atoms with van der Waals surface area (Å²) >= 11 is 1.48. The summed E-state index contributed by atoms with van der Waals surface area (Å²) in [4.78, 5) is 33.7. The molecule has 0 atom stereocenters. The third-order valence-corrected chi connectivity index (χ3v) is 10.5. The fourth-order valence-corrected chi connectivity index (χ4v) is 7.71. The third kappa shape index (κ3) is 6.16. The number of hydrogen-bond acceptors (Lipinski definition) is 8. The van der Waals surface area contributed by atoms with Crippen LogP contribution in [-0.2, 0) is 21.1 Å². The van der Waals surface area contributed by atoms with Crippen LogP contribution in [0.25, 0.3) is 10.6 Å². The van der Waals surface area contributed by atoms with Crippen LogP contribution in [0, 0.1) is 18.8 Å². The summed E-state index contributed by atoms with van der Waals surface area (Å²) in [5.41, 5.74) is 2.74. The normalized spacial score (nSPS) is 15.6. The number of carbonyl (C=O) groups is 2. The van der Waals surface area contributed by atoms with E-state index in [1.54, 1.807) is 25.3 Å². The van der Waals surface area contributed by atoms with Gasteiger partial charge in [-0.15, -0.1) is 11.3 Å². The van der Waals surface area contributed by atoms with Gasteiger partial charge in [0.25, 0.3) is 11.8 Å². The second kappa shape index (κ2) is 12.7. The molecule has 2 aliphatic heterocycles. The largest absolute Gasteiger partial charge is 0.379 e. The monoisotopic (exact) mass is 626 g/mol. The Kier molecular flexibility index (Phi) is 8.59. The van der Waals surface area contributed by atoms with Crippen molar-refractivity contribution in [1.82, 2.24) is 15.2 Å². The second-order valence-electron chi connectivity index (χ2n) is 10.5. The standard InChI is InChI=1S/C33H30N4O5S2/c1-22-26(13-14-29-30(22)36-32(39)27-7-2-3-8-28(27)44(29,40)41)31(38)34-20-25-21-35-33(43-25)24-11-9-23(10-12-24)6-4-5-15-37-16-18-42-19-17-37/h2-3,7-14,21H,5,15-20H2,1H3,(H,34,38)(H,36,39). The predicted molar refractivity (Wildman–Crippen MR) is 169 cm³/mol. The van der Waals surface area contributed by atoms with Crippen LogP contribution in [0.2, 0.25) is 0 Å². The highest BCUT2D eigenvalue weighted by atomic mass is 32.2. The Hall–Kier alpha value is -4.34. The maximum Gasteiger partial charge on any atom is 0.257 e. The number of rotatable bonds is 6. The van der Waals surface area contributed by atoms with Gasteiger partial charge in [-0.3, -0.25) is 14.5 Å². The van der Waals surface area contributed by atoms with Crippen molar-refractivity contribution < 1.29 is 22.7 Å². The van der Waals surface area contributed by atoms with Crippen LogP contribution < -0.4 is 10.6 Å². The van der Waals surface area contributed by atoms with Crippen LogP contribution in [0.4, 0.5) is 5.69 Å². The molecule has 6 rings (SSSR count). The first-order chi connectivity index (χ1) is 21.3. The Bertz CT molecular complexity index is 1900. The number of anilines is 1. The van der Waals surface area contributed by atoms with Crippen LogP contribution >= 0.6 is 11.3 Å². The van der Waals surface area contributed by atoms with E-state index in [1.165, 1.54) is 35.6 Å². The highest BCUT2D eigenvalue weighted by Gasteiger charge is 2.33. The average molecular weight is 627 g/mol. The van der Waals surface area contributed by atoms with Crippen molar-refractivity contribution in [3.8, 4) is 22.4 Å². The van der Waals surface area contributed by atoms with Gasteiger partial charge in [-0.05, 0) is 48.9 Å². The van der Waals surface area contributed by atoms with Crippen LogP contribution in [0.1, 0.15) is 43.1 Å². The molecule has 9 nitrogen and oxygen atoms in total. The molecule has 44 heavy (non-hydrogen) atoms. The highest BCUT2D eigenvalue weighted by molar-refractivity contribution is 7.91. The van der Waals surface area contributed by atoms with Crippen molar-refractivity contribution in [2.45, 2.75) is 29.7 Å². The zero-order valence-electron chi connectivity index (χ0n) is 24.1. The van der Waals surface area contributed by atoms with E-state index in [2.05, 4.69) is 32.4 Å². The highest BCUT2D eigenvalue weighted by Crippen LogP contribution is 2.36. The van der Waals surface area contributed by atoms with Gasteiger partial charge in [0.15, 0.2) is 0 Å². The van der Waals surface area contributed by atoms with Crippen molar-refractivity contribution in [3.05, 3.63) is 94.0 Å². The van der Waals surface area contributed by atoms with E-state index < -0.39 is 15.7 Å². The number of thiazole rings is 1. The van der Waals surface area contributed by atoms with Crippen molar-refractivity contribution in [2.24, 2.45) is 0 Å². The molecule has 1 aromatic heterocycles. The Morgan fingerprint density at radius 3 is 2.64 bits per heavy atom. The van der Waals surface area contributed by atoms with Gasteiger partial charge < -0.3 is 15.4 Å². The summed E-state index contributed by atoms with van der Waals surface area (Å²) in [6.45, 7) is 6.33. The minimum Gasteiger partial charge on any atom is -0.379 e. The SMILES string of the molecule is Cc1c(C(=O)NCc2cnc(-c3ccc(C#CCCN4CCOCC4)cc3)s2)ccc2c1NC(=O)c1ccccc1S2(=O)=O. The molecular formula is C33H30N4O5S2. The Balaban J connectivity index is 1.09. The van der Waals surface area contributed by atoms with Crippen molar-refractivity contribution >= 4 is 38.7 Å². The number of sulfone groups is 1. The number of benzene rings is 3. The van der Waals surface area contributed by atoms with E-state index in [9.17, 15) is 18.0 Å². The molecule has 0 saturated carbocycles. The zero-order chi connectivity index (χ0) is 30.7. The molecule has 3 aromatic carbocycles. The lowest BCUT2D eigenvalue weighted by atomic mass is 10.1. The lowest BCUT2D eigenvalue weighted by Gasteiger charge is -2.25. The predicted octanol–water partition coefficient (Wildman–Crippen LogP) is 4.52. The molecular weight excluding hydrogens is 597 g/mol. The Morgan fingerprint density at radius 2 is 1.84 bits per heavy atom. The van der Waals surface area contributed by atoms with Crippen LogP contribution in [0.3, 0.4) is 0 Å². The van der Waals surface area contributed by atoms with Gasteiger partial charge in [0.2, 0.25) is 9.84 Å². The average Bonchev–Trinajstić information content (AvgIpc) is 3.49. The molecule has 0 unspecified atom stereocenters. The van der Waals surface area contributed by atoms with Crippen molar-refractivity contribution in [1.29, 1.82) is 0 Å². The lowest BCUT2D eigenvalue weighted by molar-refractivity contribution is 0.0390. The van der Waals surface area contributed by atoms with Gasteiger partial charge in [-0.2, -0.15) is 0 Å². The van der Waals surface area contributed by atoms with E-state index in [1.807, 2.05) is 24.3 Å². The first kappa shape index (κ1) is 29.7. The molecule has 11 heteroatoms. The fraction of sp³-hybridized carbons (Fsp3) is 0.242. The number of carbonyl (C=O) groups excluding carboxylic acids is 2. The number of hydrogen-bond donors (Lipinski definition) is 2. The minimum atomic E-state index is -3.96. The number of amides is 2. The maximum atomic E-state index is 13.3. The summed E-state index contributed by atoms with van der Waals surface area (Å²) in [5.74, 6) is 5.56. The van der Waals surface area contributed by atoms with Gasteiger partial charge in [0.05, 0.1) is 40.8 Å². The summed E-state index contributed by atoms with van der Waals surface area (Å²) < 4.78 is 32.1. The van der Waals surface area contributed by atoms with E-state index in [4.69, 9.17) is 4.74 Å². The lowest BCUT2D eigenvalue weighted by Crippen LogP contribution is -2.36. The van der Waals surface area contributed by atoms with Crippen LogP contribution in [0.5, 0.6) is 0 Å². The van der Waals surface area contributed by atoms with Gasteiger partial charge in [0, 0.05) is 53.8 Å². The van der Waals surface area contributed by atoms with Gasteiger partial charge in [-0.25, -0.2) is 13.4 Å². The third-order valence-electron chi connectivity index (χ3n) is 7.62. The molecule has 0 spiro atoms. The Morgan fingerprint density at radius 1 is 1.07 bits per heavy atom. The number of fused-ring (bicyclic) bond motifs is 2. The second-order valence-corrected chi connectivity index (χ2v) is 13.5. The number of ether oxygens (including phenoxy) is 1. The van der Waals surface area contributed by atoms with Crippen molar-refractivity contribution in [2.75, 3.05) is 38.2 Å². The van der Waals surface area contributed by atoms with Gasteiger partial charge in [0.1, 0.15) is 5.01 Å². The molecule has 1 saturated heterocycles. The molecule has 0 aliphatic carbocycles. The molecule has 1 fully saturated rings. The van der Waals surface area contributed by atoms with E-state index in [-0.39, 0.29) is 39.1 Å². The fourth-order valence-electron chi connectivity index (χ4n) is 5.18. The number of aromatic nitrogens is 1. The number of nitrogens with one attached hydrogen (secondary N) is 2. The molecule has 2 aliphatic rings. The maximum absolute atomic E-state index is 13.3. The summed E-state index contributed by atoms with van der Waals surface area (Å²) in [5, 5.41) is 6.43. The van der Waals surface area contributed by atoms with Gasteiger partial charge in [-0.1, -0.05) is 36.1 Å². The first-order valence-electron chi connectivity index (χ1n) is 14.2. The topological polar surface area (TPSA) is 118 Å². The number of morpholine rings is 1. The molecule has 2 amide bonds. The zero-order valence-corrected chi connectivity index (χ0v) is 25.7. The van der Waals surface area contributed by atoms with Crippen molar-refractivity contribution in [3.63, 3.8) is 0 Å². The molecule has 0 bridgehead atoms. The van der Waals surface area contributed by atoms with Crippen LogP contribution in [0.15, 0.2) is 76.7 Å². The summed E-state index contributed by atoms with van der Waals surface area (Å²) in [7, 11) is -3.96. The number of nitrogens with zero attached hydrogens (tertiary/aromatic N) is 2. The molecule has 224 valence electrons. The first-order valence-corrected chi connectivity index (χ1v) is 16.5. The molecule has 2 N–H and O–H groups in total. The van der Waals surface area contributed by atoms with Gasteiger partial charge >= 0.3 is 0 Å². The Labute approximate surface area is 260 Å². The molecule has 4 aromatic rings. The molecule has 0 radical (unpaired) electrons. The smallest absolute Gasteiger partial charge is 0.257 e. The summed E-state index contributed by atoms with van der Waals surface area (Å²) in [6, 6.07) is 16.9. The summed E-state index contributed by atoms with van der Waals surface area (Å²) in [6.07, 6.45) is 2.55. The minimum absolute atomic E-state index is 0.0399. The van der Waals surface area contributed by atoms with E-state index in [0.717, 1.165) is 60.3 Å². The van der Waals surface area contributed by atoms with Crippen LogP contribution in [-0.4, -0.2) is 63.0 Å². The van der Waals surface area contributed by atoms with E-state index >= 15 is 0 Å². The van der Waals surface area contributed by atoms with E-state index in [0.29, 0.717) is 5.56 Å².